The van der Waals surface area contributed by atoms with Gasteiger partial charge in [-0.2, -0.15) is 0 Å². The van der Waals surface area contributed by atoms with E-state index in [1.54, 1.807) is 6.07 Å². The van der Waals surface area contributed by atoms with Crippen LogP contribution in [0.4, 0.5) is 5.69 Å². The number of nitrogen functional groups attached to an aromatic ring is 1. The zero-order chi connectivity index (χ0) is 12.3. The Balaban J connectivity index is 2.16. The minimum atomic E-state index is -0.0504. The summed E-state index contributed by atoms with van der Waals surface area (Å²) in [5, 5.41) is 2.74. The van der Waals surface area contributed by atoms with Crippen LogP contribution in [-0.2, 0) is 11.2 Å². The fraction of sp³-hybridized carbons (Fsp3) is 0.417. The molecule has 0 bridgehead atoms. The summed E-state index contributed by atoms with van der Waals surface area (Å²) in [6, 6.07) is 3.61. The Labute approximate surface area is 99.9 Å². The molecule has 5 nitrogen and oxygen atoms in total. The van der Waals surface area contributed by atoms with Crippen LogP contribution in [0, 0.1) is 0 Å². The highest BCUT2D eigenvalue weighted by molar-refractivity contribution is 5.72. The monoisotopic (exact) mass is 236 g/mol. The number of anilines is 1. The number of amides is 1. The molecular formula is C12H16N2O3. The largest absolute Gasteiger partial charge is 0.486 e. The number of fused-ring (bicyclic) bond motifs is 1. The van der Waals surface area contributed by atoms with Gasteiger partial charge in [-0.25, -0.2) is 0 Å². The van der Waals surface area contributed by atoms with E-state index in [-0.39, 0.29) is 5.91 Å². The predicted octanol–water partition coefficient (Wildman–Crippen LogP) is 0.719. The summed E-state index contributed by atoms with van der Waals surface area (Å²) in [5.74, 6) is 1.38. The first-order valence-corrected chi connectivity index (χ1v) is 5.60. The van der Waals surface area contributed by atoms with Gasteiger partial charge in [-0.15, -0.1) is 0 Å². The van der Waals surface area contributed by atoms with Crippen molar-refractivity contribution in [1.29, 1.82) is 0 Å². The lowest BCUT2D eigenvalue weighted by atomic mass is 10.1. The zero-order valence-electron chi connectivity index (χ0n) is 9.79. The van der Waals surface area contributed by atoms with Crippen LogP contribution >= 0.6 is 0 Å². The first-order chi connectivity index (χ1) is 8.18. The van der Waals surface area contributed by atoms with Crippen molar-refractivity contribution in [2.45, 2.75) is 13.3 Å². The highest BCUT2D eigenvalue weighted by atomic mass is 16.6. The Bertz CT molecular complexity index is 432. The molecule has 2 rings (SSSR count). The maximum Gasteiger partial charge on any atom is 0.216 e. The molecule has 92 valence electrons. The molecule has 3 N–H and O–H groups in total. The summed E-state index contributed by atoms with van der Waals surface area (Å²) >= 11 is 0. The number of hydrogen-bond acceptors (Lipinski definition) is 4. The minimum absolute atomic E-state index is 0.0504. The van der Waals surface area contributed by atoms with Gasteiger partial charge >= 0.3 is 0 Å². The molecule has 1 amide bonds. The number of ether oxygens (including phenoxy) is 2. The number of nitrogens with one attached hydrogen (secondary N) is 1. The molecule has 1 aromatic carbocycles. The molecule has 0 fully saturated rings. The van der Waals surface area contributed by atoms with Gasteiger partial charge in [0.2, 0.25) is 5.91 Å². The topological polar surface area (TPSA) is 73.6 Å². The van der Waals surface area contributed by atoms with Crippen LogP contribution in [-0.4, -0.2) is 25.7 Å². The lowest BCUT2D eigenvalue weighted by Gasteiger charge is -2.22. The van der Waals surface area contributed by atoms with Gasteiger partial charge in [0.25, 0.3) is 0 Å². The van der Waals surface area contributed by atoms with E-state index in [1.807, 2.05) is 6.07 Å². The van der Waals surface area contributed by atoms with Crippen molar-refractivity contribution in [2.24, 2.45) is 0 Å². The molecule has 17 heavy (non-hydrogen) atoms. The van der Waals surface area contributed by atoms with Crippen LogP contribution < -0.4 is 20.5 Å². The fourth-order valence-electron chi connectivity index (χ4n) is 1.81. The molecule has 1 heterocycles. The lowest BCUT2D eigenvalue weighted by molar-refractivity contribution is -0.118. The normalized spacial score (nSPS) is 13.2. The number of hydrogen-bond donors (Lipinski definition) is 2. The number of benzene rings is 1. The third-order valence-corrected chi connectivity index (χ3v) is 2.60. The molecule has 0 radical (unpaired) electrons. The van der Waals surface area contributed by atoms with Gasteiger partial charge < -0.3 is 20.5 Å². The molecule has 1 aliphatic heterocycles. The average molecular weight is 236 g/mol. The van der Waals surface area contributed by atoms with E-state index in [0.29, 0.717) is 37.6 Å². The van der Waals surface area contributed by atoms with E-state index in [9.17, 15) is 4.79 Å². The first-order valence-electron chi connectivity index (χ1n) is 5.60. The van der Waals surface area contributed by atoms with E-state index in [4.69, 9.17) is 15.2 Å². The molecule has 0 atom stereocenters. The predicted molar refractivity (Wildman–Crippen MR) is 64.2 cm³/mol. The molecule has 0 unspecified atom stereocenters. The Morgan fingerprint density at radius 2 is 2.18 bits per heavy atom. The van der Waals surface area contributed by atoms with E-state index in [0.717, 1.165) is 11.3 Å². The maximum absolute atomic E-state index is 10.8. The Morgan fingerprint density at radius 3 is 2.94 bits per heavy atom. The van der Waals surface area contributed by atoms with Gasteiger partial charge in [-0.1, -0.05) is 0 Å². The van der Waals surface area contributed by atoms with Crippen molar-refractivity contribution >= 4 is 11.6 Å². The van der Waals surface area contributed by atoms with Crippen molar-refractivity contribution < 1.29 is 14.3 Å². The van der Waals surface area contributed by atoms with Gasteiger partial charge in [0.1, 0.15) is 13.2 Å². The summed E-state index contributed by atoms with van der Waals surface area (Å²) in [5.41, 5.74) is 7.48. The summed E-state index contributed by atoms with van der Waals surface area (Å²) < 4.78 is 11.1. The Hall–Kier alpha value is -1.91. The summed E-state index contributed by atoms with van der Waals surface area (Å²) in [7, 11) is 0. The number of carbonyl (C=O) groups excluding carboxylic acids is 1. The smallest absolute Gasteiger partial charge is 0.216 e. The highest BCUT2D eigenvalue weighted by Crippen LogP contribution is 2.37. The SMILES string of the molecule is CC(=O)NCCc1c(N)ccc2c1OCCO2. The lowest BCUT2D eigenvalue weighted by Crippen LogP contribution is -2.24. The van der Waals surface area contributed by atoms with E-state index in [1.165, 1.54) is 6.92 Å². The van der Waals surface area contributed by atoms with Crippen molar-refractivity contribution in [3.8, 4) is 11.5 Å². The van der Waals surface area contributed by atoms with Crippen LogP contribution in [0.1, 0.15) is 12.5 Å². The van der Waals surface area contributed by atoms with Crippen LogP contribution in [0.3, 0.4) is 0 Å². The van der Waals surface area contributed by atoms with E-state index in [2.05, 4.69) is 5.32 Å². The number of nitrogens with two attached hydrogens (primary N) is 1. The van der Waals surface area contributed by atoms with Crippen LogP contribution in [0.15, 0.2) is 12.1 Å². The van der Waals surface area contributed by atoms with Crippen molar-refractivity contribution in [1.82, 2.24) is 5.32 Å². The molecule has 0 spiro atoms. The van der Waals surface area contributed by atoms with Crippen molar-refractivity contribution in [2.75, 3.05) is 25.5 Å². The van der Waals surface area contributed by atoms with Gasteiger partial charge in [0.15, 0.2) is 11.5 Å². The molecule has 5 heteroatoms. The van der Waals surface area contributed by atoms with Crippen LogP contribution in [0.25, 0.3) is 0 Å². The second-order valence-corrected chi connectivity index (χ2v) is 3.89. The molecule has 0 saturated carbocycles. The minimum Gasteiger partial charge on any atom is -0.486 e. The van der Waals surface area contributed by atoms with Crippen molar-refractivity contribution in [3.05, 3.63) is 17.7 Å². The second kappa shape index (κ2) is 4.95. The number of rotatable bonds is 3. The molecule has 0 saturated heterocycles. The zero-order valence-corrected chi connectivity index (χ0v) is 9.79. The van der Waals surface area contributed by atoms with Gasteiger partial charge in [0, 0.05) is 24.7 Å². The quantitative estimate of drug-likeness (QED) is 0.758. The molecule has 0 aromatic heterocycles. The third kappa shape index (κ3) is 2.61. The molecule has 1 aromatic rings. The third-order valence-electron chi connectivity index (χ3n) is 2.60. The summed E-state index contributed by atoms with van der Waals surface area (Å²) in [6.07, 6.45) is 0.637. The van der Waals surface area contributed by atoms with E-state index >= 15 is 0 Å². The Morgan fingerprint density at radius 1 is 1.41 bits per heavy atom. The molecule has 1 aliphatic rings. The highest BCUT2D eigenvalue weighted by Gasteiger charge is 2.17. The Kier molecular flexibility index (Phi) is 3.37. The summed E-state index contributed by atoms with van der Waals surface area (Å²) in [6.45, 7) is 3.12. The van der Waals surface area contributed by atoms with Crippen molar-refractivity contribution in [3.63, 3.8) is 0 Å². The van der Waals surface area contributed by atoms with Crippen LogP contribution in [0.5, 0.6) is 11.5 Å². The van der Waals surface area contributed by atoms with E-state index < -0.39 is 0 Å². The standard InChI is InChI=1S/C12H16N2O3/c1-8(15)14-5-4-9-10(13)2-3-11-12(9)17-7-6-16-11/h2-3H,4-7,13H2,1H3,(H,14,15). The van der Waals surface area contributed by atoms with Crippen LogP contribution in [0.2, 0.25) is 0 Å². The van der Waals surface area contributed by atoms with Gasteiger partial charge in [-0.3, -0.25) is 4.79 Å². The average Bonchev–Trinajstić information content (AvgIpc) is 2.32. The fourth-order valence-corrected chi connectivity index (χ4v) is 1.81. The number of carbonyl (C=O) groups is 1. The van der Waals surface area contributed by atoms with Gasteiger partial charge in [0.05, 0.1) is 0 Å². The van der Waals surface area contributed by atoms with Gasteiger partial charge in [-0.05, 0) is 18.6 Å². The second-order valence-electron chi connectivity index (χ2n) is 3.89. The molecular weight excluding hydrogens is 220 g/mol. The maximum atomic E-state index is 10.8. The first kappa shape index (κ1) is 11.6. The summed E-state index contributed by atoms with van der Waals surface area (Å²) in [4.78, 5) is 10.8. The molecule has 0 aliphatic carbocycles.